The zero-order chi connectivity index (χ0) is 15.5. The Morgan fingerprint density at radius 1 is 1.10 bits per heavy atom. The Kier molecular flexibility index (Phi) is 9.48. The minimum absolute atomic E-state index is 0.00280. The van der Waals surface area contributed by atoms with Gasteiger partial charge in [0.1, 0.15) is 0 Å². The molecule has 1 saturated carbocycles. The Morgan fingerprint density at radius 3 is 2.43 bits per heavy atom. The number of amides is 2. The second kappa shape index (κ2) is 10.9. The molecule has 2 amide bonds. The average Bonchev–Trinajstić information content (AvgIpc) is 2.47. The summed E-state index contributed by atoms with van der Waals surface area (Å²) in [4.78, 5) is 14.0. The van der Waals surface area contributed by atoms with E-state index in [2.05, 4.69) is 36.4 Å². The molecule has 0 radical (unpaired) electrons. The molecule has 0 aromatic carbocycles. The van der Waals surface area contributed by atoms with E-state index < -0.39 is 0 Å². The van der Waals surface area contributed by atoms with Crippen LogP contribution in [0.25, 0.3) is 0 Å². The fourth-order valence-corrected chi connectivity index (χ4v) is 2.87. The maximum atomic E-state index is 11.7. The maximum absolute atomic E-state index is 11.7. The van der Waals surface area contributed by atoms with Crippen molar-refractivity contribution >= 4 is 6.03 Å². The van der Waals surface area contributed by atoms with Crippen LogP contribution in [0.1, 0.15) is 65.2 Å². The summed E-state index contributed by atoms with van der Waals surface area (Å²) in [5, 5.41) is 5.94. The van der Waals surface area contributed by atoms with Gasteiger partial charge in [-0.3, -0.25) is 0 Å². The van der Waals surface area contributed by atoms with Gasteiger partial charge >= 0.3 is 6.03 Å². The summed E-state index contributed by atoms with van der Waals surface area (Å²) in [5.41, 5.74) is 0. The standard InChI is InChI=1S/C17H35N3O/c1-15(2)20(3)14-8-7-12-18-17(21)19-13-11-16-9-5-4-6-10-16/h15-16H,4-14H2,1-3H3,(H2,18,19,21). The number of carbonyl (C=O) groups is 1. The van der Waals surface area contributed by atoms with E-state index in [9.17, 15) is 4.79 Å². The van der Waals surface area contributed by atoms with Gasteiger partial charge in [0, 0.05) is 19.1 Å². The van der Waals surface area contributed by atoms with Gasteiger partial charge in [0.15, 0.2) is 0 Å². The molecule has 1 aliphatic rings. The largest absolute Gasteiger partial charge is 0.338 e. The van der Waals surface area contributed by atoms with E-state index in [4.69, 9.17) is 0 Å². The summed E-state index contributed by atoms with van der Waals surface area (Å²) in [6.07, 6.45) is 10.2. The molecule has 2 N–H and O–H groups in total. The predicted octanol–water partition coefficient (Wildman–Crippen LogP) is 3.38. The van der Waals surface area contributed by atoms with Gasteiger partial charge in [0.05, 0.1) is 0 Å². The second-order valence-corrected chi connectivity index (χ2v) is 6.76. The third-order valence-electron chi connectivity index (χ3n) is 4.67. The fourth-order valence-electron chi connectivity index (χ4n) is 2.87. The van der Waals surface area contributed by atoms with Crippen LogP contribution in [0.3, 0.4) is 0 Å². The van der Waals surface area contributed by atoms with Crippen molar-refractivity contribution in [3.8, 4) is 0 Å². The van der Waals surface area contributed by atoms with E-state index in [0.717, 1.165) is 44.8 Å². The van der Waals surface area contributed by atoms with Crippen LogP contribution in [0.2, 0.25) is 0 Å². The van der Waals surface area contributed by atoms with Gasteiger partial charge in [-0.2, -0.15) is 0 Å². The van der Waals surface area contributed by atoms with Crippen LogP contribution in [0.4, 0.5) is 4.79 Å². The molecule has 0 bridgehead atoms. The molecular formula is C17H35N3O. The number of nitrogens with one attached hydrogen (secondary N) is 2. The normalized spacial score (nSPS) is 16.4. The van der Waals surface area contributed by atoms with Crippen LogP contribution in [0.15, 0.2) is 0 Å². The highest BCUT2D eigenvalue weighted by Crippen LogP contribution is 2.25. The summed E-state index contributed by atoms with van der Waals surface area (Å²) < 4.78 is 0. The second-order valence-electron chi connectivity index (χ2n) is 6.76. The molecule has 124 valence electrons. The molecule has 0 unspecified atom stereocenters. The van der Waals surface area contributed by atoms with Crippen molar-refractivity contribution in [3.05, 3.63) is 0 Å². The van der Waals surface area contributed by atoms with E-state index in [1.165, 1.54) is 32.1 Å². The van der Waals surface area contributed by atoms with Crippen LogP contribution in [0.5, 0.6) is 0 Å². The molecule has 4 nitrogen and oxygen atoms in total. The summed E-state index contributed by atoms with van der Waals surface area (Å²) in [5.74, 6) is 0.839. The molecule has 1 rings (SSSR count). The first kappa shape index (κ1) is 18.3. The first-order chi connectivity index (χ1) is 10.1. The van der Waals surface area contributed by atoms with Crippen molar-refractivity contribution < 1.29 is 4.79 Å². The molecule has 0 atom stereocenters. The highest BCUT2D eigenvalue weighted by molar-refractivity contribution is 5.73. The van der Waals surface area contributed by atoms with Crippen molar-refractivity contribution in [3.63, 3.8) is 0 Å². The lowest BCUT2D eigenvalue weighted by Gasteiger charge is -2.21. The highest BCUT2D eigenvalue weighted by atomic mass is 16.2. The first-order valence-electron chi connectivity index (χ1n) is 8.81. The number of nitrogens with zero attached hydrogens (tertiary/aromatic N) is 1. The van der Waals surface area contributed by atoms with Gasteiger partial charge < -0.3 is 15.5 Å². The predicted molar refractivity (Wildman–Crippen MR) is 89.6 cm³/mol. The number of rotatable bonds is 9. The Morgan fingerprint density at radius 2 is 1.76 bits per heavy atom. The van der Waals surface area contributed by atoms with E-state index in [-0.39, 0.29) is 6.03 Å². The molecule has 0 aromatic heterocycles. The summed E-state index contributed by atoms with van der Waals surface area (Å²) >= 11 is 0. The smallest absolute Gasteiger partial charge is 0.314 e. The summed E-state index contributed by atoms with van der Waals surface area (Å²) in [6.45, 7) is 7.12. The Bertz CT molecular complexity index is 275. The Balaban J connectivity index is 1.91. The molecule has 0 saturated heterocycles. The van der Waals surface area contributed by atoms with E-state index in [1.807, 2.05) is 0 Å². The van der Waals surface area contributed by atoms with Crippen LogP contribution < -0.4 is 10.6 Å². The van der Waals surface area contributed by atoms with E-state index >= 15 is 0 Å². The van der Waals surface area contributed by atoms with Crippen molar-refractivity contribution in [1.29, 1.82) is 0 Å². The minimum Gasteiger partial charge on any atom is -0.338 e. The van der Waals surface area contributed by atoms with Gasteiger partial charge in [-0.25, -0.2) is 4.79 Å². The van der Waals surface area contributed by atoms with Crippen molar-refractivity contribution in [1.82, 2.24) is 15.5 Å². The third-order valence-corrected chi connectivity index (χ3v) is 4.67. The van der Waals surface area contributed by atoms with Crippen LogP contribution in [-0.2, 0) is 0 Å². The lowest BCUT2D eigenvalue weighted by atomic mass is 9.87. The van der Waals surface area contributed by atoms with E-state index in [0.29, 0.717) is 6.04 Å². The third kappa shape index (κ3) is 8.97. The number of hydrogen-bond donors (Lipinski definition) is 2. The molecule has 1 aliphatic carbocycles. The van der Waals surface area contributed by atoms with Crippen molar-refractivity contribution in [2.24, 2.45) is 5.92 Å². The van der Waals surface area contributed by atoms with Gasteiger partial charge in [0.2, 0.25) is 0 Å². The molecule has 0 aromatic rings. The SMILES string of the molecule is CC(C)N(C)CCCCNC(=O)NCCC1CCCCC1. The highest BCUT2D eigenvalue weighted by Gasteiger charge is 2.13. The minimum atomic E-state index is 0.00280. The lowest BCUT2D eigenvalue weighted by Crippen LogP contribution is -2.37. The Labute approximate surface area is 131 Å². The van der Waals surface area contributed by atoms with Gasteiger partial charge in [-0.1, -0.05) is 32.1 Å². The van der Waals surface area contributed by atoms with Crippen LogP contribution >= 0.6 is 0 Å². The molecule has 0 heterocycles. The molecule has 4 heteroatoms. The first-order valence-corrected chi connectivity index (χ1v) is 8.81. The lowest BCUT2D eigenvalue weighted by molar-refractivity contribution is 0.237. The quantitative estimate of drug-likeness (QED) is 0.641. The zero-order valence-electron chi connectivity index (χ0n) is 14.3. The molecule has 21 heavy (non-hydrogen) atoms. The van der Waals surface area contributed by atoms with Crippen LogP contribution in [-0.4, -0.2) is 43.7 Å². The maximum Gasteiger partial charge on any atom is 0.314 e. The zero-order valence-corrected chi connectivity index (χ0v) is 14.3. The molecular weight excluding hydrogens is 262 g/mol. The fraction of sp³-hybridized carbons (Fsp3) is 0.941. The van der Waals surface area contributed by atoms with Gasteiger partial charge in [-0.15, -0.1) is 0 Å². The van der Waals surface area contributed by atoms with Crippen molar-refractivity contribution in [2.75, 3.05) is 26.7 Å². The molecule has 0 spiro atoms. The Hall–Kier alpha value is -0.770. The van der Waals surface area contributed by atoms with Crippen molar-refractivity contribution in [2.45, 2.75) is 71.3 Å². The topological polar surface area (TPSA) is 44.4 Å². The number of urea groups is 1. The molecule has 0 aliphatic heterocycles. The monoisotopic (exact) mass is 297 g/mol. The average molecular weight is 297 g/mol. The number of carbonyl (C=O) groups excluding carboxylic acids is 1. The summed E-state index contributed by atoms with van der Waals surface area (Å²) in [6, 6.07) is 0.601. The number of hydrogen-bond acceptors (Lipinski definition) is 2. The van der Waals surface area contributed by atoms with Gasteiger partial charge in [0.25, 0.3) is 0 Å². The van der Waals surface area contributed by atoms with Crippen LogP contribution in [0, 0.1) is 5.92 Å². The van der Waals surface area contributed by atoms with Gasteiger partial charge in [-0.05, 0) is 52.6 Å². The number of unbranched alkanes of at least 4 members (excludes halogenated alkanes) is 1. The molecule has 1 fully saturated rings. The van der Waals surface area contributed by atoms with E-state index in [1.54, 1.807) is 0 Å². The summed E-state index contributed by atoms with van der Waals surface area (Å²) in [7, 11) is 2.15.